The highest BCUT2D eigenvalue weighted by atomic mass is 16.3. The van der Waals surface area contributed by atoms with E-state index in [0.29, 0.717) is 18.1 Å². The van der Waals surface area contributed by atoms with Crippen molar-refractivity contribution < 1.29 is 5.11 Å². The smallest absolute Gasteiger partial charge is 0.178 e. The Balaban J connectivity index is 2.38. The molecule has 2 heterocycles. The summed E-state index contributed by atoms with van der Waals surface area (Å²) in [7, 11) is 0. The zero-order valence-electron chi connectivity index (χ0n) is 13.1. The van der Waals surface area contributed by atoms with Crippen molar-refractivity contribution in [2.45, 2.75) is 33.1 Å². The first-order chi connectivity index (χ1) is 10.3. The van der Waals surface area contributed by atoms with Gasteiger partial charge < -0.3 is 10.8 Å². The van der Waals surface area contributed by atoms with Gasteiger partial charge in [0.05, 0.1) is 5.76 Å². The van der Waals surface area contributed by atoms with E-state index in [9.17, 15) is 5.11 Å². The van der Waals surface area contributed by atoms with Gasteiger partial charge in [0.2, 0.25) is 0 Å². The van der Waals surface area contributed by atoms with Crippen molar-refractivity contribution in [3.8, 4) is 0 Å². The van der Waals surface area contributed by atoms with Gasteiger partial charge in [-0.15, -0.1) is 10.2 Å². The average Bonchev–Trinajstić information content (AvgIpc) is 2.92. The first kappa shape index (κ1) is 15.9. The van der Waals surface area contributed by atoms with Crippen molar-refractivity contribution in [1.29, 1.82) is 0 Å². The van der Waals surface area contributed by atoms with E-state index < -0.39 is 0 Å². The molecule has 7 heteroatoms. The maximum absolute atomic E-state index is 10.1. The monoisotopic (exact) mass is 302 g/mol. The van der Waals surface area contributed by atoms with Crippen LogP contribution in [0, 0.1) is 11.3 Å². The number of aromatic amines is 1. The third-order valence-electron chi connectivity index (χ3n) is 3.69. The molecule has 0 fully saturated rings. The number of aliphatic hydroxyl groups is 1. The fourth-order valence-corrected chi connectivity index (χ4v) is 2.83. The standard InChI is InChI=1S/C15H22N6O/c1-9(22)13(15(2,3)4)11(14-18-20-21-19-14)7-10-5-6-12(16)17-8-10/h5-6,8,11,13,22H,1,7H2,2-4H3,(H2,16,17)(H,18,19,20,21)/t11-,13+/m0/s1. The number of hydrogen-bond donors (Lipinski definition) is 3. The number of allylic oxidation sites excluding steroid dienone is 1. The second kappa shape index (κ2) is 6.13. The number of nitrogen functional groups attached to an aromatic ring is 1. The predicted octanol–water partition coefficient (Wildman–Crippen LogP) is 2.24. The number of nitrogens with zero attached hydrogens (tertiary/aromatic N) is 4. The Kier molecular flexibility index (Phi) is 4.44. The summed E-state index contributed by atoms with van der Waals surface area (Å²) in [6, 6.07) is 3.66. The van der Waals surface area contributed by atoms with Gasteiger partial charge in [0.25, 0.3) is 0 Å². The lowest BCUT2D eigenvalue weighted by atomic mass is 9.70. The topological polar surface area (TPSA) is 114 Å². The number of aliphatic hydroxyl groups excluding tert-OH is 1. The molecule has 118 valence electrons. The lowest BCUT2D eigenvalue weighted by Gasteiger charge is -2.35. The number of pyridine rings is 1. The van der Waals surface area contributed by atoms with Gasteiger partial charge in [0.15, 0.2) is 5.82 Å². The highest BCUT2D eigenvalue weighted by Crippen LogP contribution is 2.41. The number of aromatic nitrogens is 5. The van der Waals surface area contributed by atoms with Gasteiger partial charge in [0, 0.05) is 18.0 Å². The van der Waals surface area contributed by atoms with Crippen molar-refractivity contribution in [2.75, 3.05) is 5.73 Å². The van der Waals surface area contributed by atoms with Crippen LogP contribution in [0.2, 0.25) is 0 Å². The van der Waals surface area contributed by atoms with Crippen LogP contribution in [0.15, 0.2) is 30.7 Å². The fourth-order valence-electron chi connectivity index (χ4n) is 2.83. The van der Waals surface area contributed by atoms with Crippen molar-refractivity contribution in [1.82, 2.24) is 25.6 Å². The molecular weight excluding hydrogens is 280 g/mol. The molecule has 0 aromatic carbocycles. The molecule has 0 aliphatic heterocycles. The summed E-state index contributed by atoms with van der Waals surface area (Å²) >= 11 is 0. The molecule has 2 rings (SSSR count). The Labute approximate surface area is 129 Å². The molecule has 0 spiro atoms. The van der Waals surface area contributed by atoms with Crippen LogP contribution >= 0.6 is 0 Å². The minimum Gasteiger partial charge on any atom is -0.513 e. The molecule has 2 atom stereocenters. The Bertz CT molecular complexity index is 614. The third-order valence-corrected chi connectivity index (χ3v) is 3.69. The number of nitrogens with one attached hydrogen (secondary N) is 1. The highest BCUT2D eigenvalue weighted by Gasteiger charge is 2.37. The Hall–Kier alpha value is -2.44. The molecule has 2 aromatic rings. The summed E-state index contributed by atoms with van der Waals surface area (Å²) in [5, 5.41) is 24.4. The van der Waals surface area contributed by atoms with Crippen molar-refractivity contribution in [2.24, 2.45) is 11.3 Å². The van der Waals surface area contributed by atoms with E-state index in [1.165, 1.54) is 0 Å². The molecule has 22 heavy (non-hydrogen) atoms. The highest BCUT2D eigenvalue weighted by molar-refractivity contribution is 5.30. The molecule has 7 nitrogen and oxygen atoms in total. The molecule has 0 aliphatic rings. The summed E-state index contributed by atoms with van der Waals surface area (Å²) in [5.74, 6) is 0.751. The van der Waals surface area contributed by atoms with Crippen LogP contribution in [0.5, 0.6) is 0 Å². The number of rotatable bonds is 5. The molecule has 0 amide bonds. The maximum Gasteiger partial charge on any atom is 0.178 e. The minimum absolute atomic E-state index is 0.116. The Morgan fingerprint density at radius 1 is 1.41 bits per heavy atom. The first-order valence-corrected chi connectivity index (χ1v) is 7.10. The lowest BCUT2D eigenvalue weighted by Crippen LogP contribution is -2.30. The molecule has 0 bridgehead atoms. The van der Waals surface area contributed by atoms with Gasteiger partial charge in [-0.3, -0.25) is 0 Å². The Morgan fingerprint density at radius 2 is 2.14 bits per heavy atom. The van der Waals surface area contributed by atoms with Crippen LogP contribution in [-0.2, 0) is 6.42 Å². The van der Waals surface area contributed by atoms with E-state index in [1.54, 1.807) is 12.3 Å². The van der Waals surface area contributed by atoms with E-state index in [1.807, 2.05) is 26.8 Å². The normalized spacial score (nSPS) is 14.5. The van der Waals surface area contributed by atoms with Gasteiger partial charge in [-0.1, -0.05) is 38.6 Å². The summed E-state index contributed by atoms with van der Waals surface area (Å²) in [4.78, 5) is 4.11. The number of anilines is 1. The van der Waals surface area contributed by atoms with Gasteiger partial charge in [-0.2, -0.15) is 5.21 Å². The van der Waals surface area contributed by atoms with Gasteiger partial charge in [-0.25, -0.2) is 4.98 Å². The lowest BCUT2D eigenvalue weighted by molar-refractivity contribution is 0.167. The SMILES string of the molecule is C=C(O)[C@H]([C@H](Cc1ccc(N)nc1)c1nn[nH]n1)C(C)(C)C. The molecule has 0 radical (unpaired) electrons. The molecule has 4 N–H and O–H groups in total. The van der Waals surface area contributed by atoms with Crippen molar-refractivity contribution in [3.63, 3.8) is 0 Å². The van der Waals surface area contributed by atoms with Crippen LogP contribution in [-0.4, -0.2) is 30.7 Å². The largest absolute Gasteiger partial charge is 0.513 e. The van der Waals surface area contributed by atoms with Crippen LogP contribution < -0.4 is 5.73 Å². The number of hydrogen-bond acceptors (Lipinski definition) is 6. The Morgan fingerprint density at radius 3 is 2.59 bits per heavy atom. The minimum atomic E-state index is -0.220. The molecule has 2 aromatic heterocycles. The predicted molar refractivity (Wildman–Crippen MR) is 84.0 cm³/mol. The van der Waals surface area contributed by atoms with Gasteiger partial charge in [0.1, 0.15) is 5.82 Å². The van der Waals surface area contributed by atoms with Crippen molar-refractivity contribution in [3.05, 3.63) is 42.1 Å². The molecule has 0 unspecified atom stereocenters. The van der Waals surface area contributed by atoms with Crippen LogP contribution in [0.25, 0.3) is 0 Å². The second-order valence-electron chi connectivity index (χ2n) is 6.51. The van der Waals surface area contributed by atoms with E-state index in [0.717, 1.165) is 5.56 Å². The van der Waals surface area contributed by atoms with E-state index in [2.05, 4.69) is 32.2 Å². The van der Waals surface area contributed by atoms with Crippen LogP contribution in [0.4, 0.5) is 5.82 Å². The van der Waals surface area contributed by atoms with Crippen molar-refractivity contribution >= 4 is 5.82 Å². The number of H-pyrrole nitrogens is 1. The zero-order chi connectivity index (χ0) is 16.3. The summed E-state index contributed by atoms with van der Waals surface area (Å²) in [6.07, 6.45) is 2.33. The van der Waals surface area contributed by atoms with E-state index in [-0.39, 0.29) is 23.0 Å². The van der Waals surface area contributed by atoms with Gasteiger partial charge in [-0.05, 0) is 23.5 Å². The number of tetrazole rings is 1. The quantitative estimate of drug-likeness (QED) is 0.730. The van der Waals surface area contributed by atoms with Gasteiger partial charge >= 0.3 is 0 Å². The second-order valence-corrected chi connectivity index (χ2v) is 6.51. The summed E-state index contributed by atoms with van der Waals surface area (Å²) in [6.45, 7) is 9.89. The van der Waals surface area contributed by atoms with Crippen LogP contribution in [0.1, 0.15) is 38.1 Å². The third kappa shape index (κ3) is 3.60. The zero-order valence-corrected chi connectivity index (χ0v) is 13.1. The van der Waals surface area contributed by atoms with E-state index >= 15 is 0 Å². The summed E-state index contributed by atoms with van der Waals surface area (Å²) < 4.78 is 0. The molecule has 0 saturated heterocycles. The van der Waals surface area contributed by atoms with E-state index in [4.69, 9.17) is 5.73 Å². The first-order valence-electron chi connectivity index (χ1n) is 7.10. The van der Waals surface area contributed by atoms with Crippen LogP contribution in [0.3, 0.4) is 0 Å². The maximum atomic E-state index is 10.1. The average molecular weight is 302 g/mol. The fraction of sp³-hybridized carbons (Fsp3) is 0.467. The summed E-state index contributed by atoms with van der Waals surface area (Å²) in [5.41, 5.74) is 6.40. The molecule has 0 aliphatic carbocycles. The molecule has 0 saturated carbocycles. The number of nitrogens with two attached hydrogens (primary N) is 1. The molecular formula is C15H22N6O.